The van der Waals surface area contributed by atoms with E-state index in [-0.39, 0.29) is 6.04 Å². The molecule has 0 saturated heterocycles. The topological polar surface area (TPSA) is 38.5 Å². The van der Waals surface area contributed by atoms with Crippen LogP contribution in [0.25, 0.3) is 0 Å². The lowest BCUT2D eigenvalue weighted by atomic mass is 10.0. The fraction of sp³-hybridized carbons (Fsp3) is 0.875. The Bertz CT molecular complexity index is 150. The molecule has 12 heavy (non-hydrogen) atoms. The summed E-state index contributed by atoms with van der Waals surface area (Å²) >= 11 is 5.01. The Balaban J connectivity index is 3.92. The first-order chi connectivity index (χ1) is 5.49. The average Bonchev–Trinajstić information content (AvgIpc) is 2.00. The molecule has 0 bridgehead atoms. The van der Waals surface area contributed by atoms with E-state index in [2.05, 4.69) is 13.8 Å². The van der Waals surface area contributed by atoms with Crippen molar-refractivity contribution in [3.05, 3.63) is 0 Å². The van der Waals surface area contributed by atoms with Gasteiger partial charge in [-0.1, -0.05) is 20.3 Å². The van der Waals surface area contributed by atoms with Gasteiger partial charge in [0, 0.05) is 14.1 Å². The molecular weight excluding hydrogens is 172 g/mol. The third-order valence-corrected chi connectivity index (χ3v) is 2.15. The van der Waals surface area contributed by atoms with Gasteiger partial charge in [-0.3, -0.25) is 0 Å². The number of hydrogen-bond donors (Lipinski definition) is 1. The van der Waals surface area contributed by atoms with Gasteiger partial charge in [0.2, 0.25) is 5.05 Å². The Morgan fingerprint density at radius 3 is 2.42 bits per heavy atom. The Kier molecular flexibility index (Phi) is 5.37. The summed E-state index contributed by atoms with van der Waals surface area (Å²) in [6.45, 7) is 4.15. The molecular formula is C8H18N2OS. The van der Waals surface area contributed by atoms with Gasteiger partial charge in [-0.25, -0.2) is 0 Å². The summed E-state index contributed by atoms with van der Waals surface area (Å²) < 4.78 is 0. The lowest BCUT2D eigenvalue weighted by Gasteiger charge is -2.21. The highest BCUT2D eigenvalue weighted by atomic mass is 32.1. The van der Waals surface area contributed by atoms with Crippen molar-refractivity contribution in [2.24, 2.45) is 11.7 Å². The van der Waals surface area contributed by atoms with Crippen LogP contribution >= 0.6 is 12.2 Å². The van der Waals surface area contributed by atoms with Crippen molar-refractivity contribution in [3.8, 4) is 0 Å². The summed E-state index contributed by atoms with van der Waals surface area (Å²) in [5.41, 5.74) is 5.83. The van der Waals surface area contributed by atoms with E-state index in [1.807, 2.05) is 0 Å². The molecule has 0 saturated carbocycles. The van der Waals surface area contributed by atoms with Crippen LogP contribution in [0.15, 0.2) is 0 Å². The lowest BCUT2D eigenvalue weighted by molar-refractivity contribution is -0.0206. The number of nitrogens with zero attached hydrogens (tertiary/aromatic N) is 1. The monoisotopic (exact) mass is 190 g/mol. The summed E-state index contributed by atoms with van der Waals surface area (Å²) in [5.74, 6) is 0.373. The lowest BCUT2D eigenvalue weighted by Crippen LogP contribution is -2.39. The molecule has 0 unspecified atom stereocenters. The summed E-state index contributed by atoms with van der Waals surface area (Å²) in [5, 5.41) is 2.03. The Hall–Kier alpha value is -0.190. The molecule has 0 aliphatic rings. The molecule has 0 fully saturated rings. The summed E-state index contributed by atoms with van der Waals surface area (Å²) in [6, 6.07) is -0.146. The van der Waals surface area contributed by atoms with Crippen molar-refractivity contribution in [1.82, 2.24) is 5.06 Å². The maximum atomic E-state index is 5.83. The fourth-order valence-corrected chi connectivity index (χ4v) is 1.11. The quantitative estimate of drug-likeness (QED) is 0.534. The van der Waals surface area contributed by atoms with E-state index in [4.69, 9.17) is 22.8 Å². The molecule has 2 atom stereocenters. The second-order valence-corrected chi connectivity index (χ2v) is 3.54. The van der Waals surface area contributed by atoms with Crippen molar-refractivity contribution in [1.29, 1.82) is 0 Å². The second-order valence-electron chi connectivity index (χ2n) is 3.13. The summed E-state index contributed by atoms with van der Waals surface area (Å²) in [4.78, 5) is 5.17. The van der Waals surface area contributed by atoms with Crippen LogP contribution in [0.2, 0.25) is 0 Å². The van der Waals surface area contributed by atoms with Gasteiger partial charge in [0.25, 0.3) is 0 Å². The average molecular weight is 190 g/mol. The van der Waals surface area contributed by atoms with Crippen LogP contribution in [-0.4, -0.2) is 30.3 Å². The van der Waals surface area contributed by atoms with Crippen molar-refractivity contribution >= 4 is 17.3 Å². The van der Waals surface area contributed by atoms with Gasteiger partial charge in [0.1, 0.15) is 0 Å². The maximum Gasteiger partial charge on any atom is 0.204 e. The van der Waals surface area contributed by atoms with E-state index in [1.165, 1.54) is 0 Å². The van der Waals surface area contributed by atoms with Crippen LogP contribution < -0.4 is 5.73 Å². The molecule has 2 N–H and O–H groups in total. The van der Waals surface area contributed by atoms with Gasteiger partial charge in [-0.2, -0.15) is 0 Å². The number of hydroxylamine groups is 2. The van der Waals surface area contributed by atoms with Crippen LogP contribution in [0.3, 0.4) is 0 Å². The molecule has 0 aliphatic heterocycles. The number of hydrogen-bond acceptors (Lipinski definition) is 4. The number of thiocarbonyl (C=S) groups is 1. The van der Waals surface area contributed by atoms with Crippen LogP contribution in [0.4, 0.5) is 0 Å². The van der Waals surface area contributed by atoms with Crippen molar-refractivity contribution in [2.75, 3.05) is 14.1 Å². The van der Waals surface area contributed by atoms with Crippen LogP contribution in [-0.2, 0) is 4.84 Å². The maximum absolute atomic E-state index is 5.83. The van der Waals surface area contributed by atoms with Gasteiger partial charge in [0.15, 0.2) is 0 Å². The van der Waals surface area contributed by atoms with Gasteiger partial charge >= 0.3 is 0 Å². The Morgan fingerprint density at radius 2 is 2.08 bits per heavy atom. The van der Waals surface area contributed by atoms with E-state index in [9.17, 15) is 0 Å². The fourth-order valence-electron chi connectivity index (χ4n) is 0.727. The SMILES string of the molecule is CC[C@H](C)[C@H](N)C(=S)ON(C)C. The Labute approximate surface area is 79.8 Å². The molecule has 0 radical (unpaired) electrons. The third kappa shape index (κ3) is 3.99. The molecule has 0 aliphatic carbocycles. The second kappa shape index (κ2) is 5.45. The van der Waals surface area contributed by atoms with Gasteiger partial charge in [0.05, 0.1) is 6.04 Å². The molecule has 0 aromatic rings. The van der Waals surface area contributed by atoms with Gasteiger partial charge < -0.3 is 10.6 Å². The standard InChI is InChI=1S/C8H18N2OS/c1-5-6(2)7(9)8(12)11-10(3)4/h6-7H,5,9H2,1-4H3/t6-,7-/m0/s1. The van der Waals surface area contributed by atoms with Crippen molar-refractivity contribution in [2.45, 2.75) is 26.3 Å². The normalized spacial score (nSPS) is 15.8. The largest absolute Gasteiger partial charge is 0.398 e. The van der Waals surface area contributed by atoms with Crippen LogP contribution in [0.5, 0.6) is 0 Å². The van der Waals surface area contributed by atoms with Crippen molar-refractivity contribution in [3.63, 3.8) is 0 Å². The third-order valence-electron chi connectivity index (χ3n) is 1.80. The molecule has 0 aromatic heterocycles. The zero-order valence-electron chi connectivity index (χ0n) is 8.20. The highest BCUT2D eigenvalue weighted by molar-refractivity contribution is 7.80. The number of nitrogens with two attached hydrogens (primary N) is 1. The van der Waals surface area contributed by atoms with Gasteiger partial charge in [-0.15, -0.1) is 5.06 Å². The molecule has 0 heterocycles. The predicted molar refractivity (Wildman–Crippen MR) is 54.8 cm³/mol. The van der Waals surface area contributed by atoms with Crippen LogP contribution in [0, 0.1) is 5.92 Å². The first-order valence-corrected chi connectivity index (χ1v) is 4.54. The molecule has 3 nitrogen and oxygen atoms in total. The minimum atomic E-state index is -0.146. The highest BCUT2D eigenvalue weighted by Gasteiger charge is 2.17. The van der Waals surface area contributed by atoms with E-state index < -0.39 is 0 Å². The zero-order valence-corrected chi connectivity index (χ0v) is 9.02. The van der Waals surface area contributed by atoms with Crippen molar-refractivity contribution < 1.29 is 4.84 Å². The summed E-state index contributed by atoms with van der Waals surface area (Å²) in [7, 11) is 3.57. The minimum absolute atomic E-state index is 0.146. The van der Waals surface area contributed by atoms with E-state index >= 15 is 0 Å². The van der Waals surface area contributed by atoms with Crippen LogP contribution in [0.1, 0.15) is 20.3 Å². The molecule has 0 aromatic carbocycles. The highest BCUT2D eigenvalue weighted by Crippen LogP contribution is 2.08. The first kappa shape index (κ1) is 11.8. The first-order valence-electron chi connectivity index (χ1n) is 4.13. The summed E-state index contributed by atoms with van der Waals surface area (Å²) in [6.07, 6.45) is 1.01. The Morgan fingerprint density at radius 1 is 1.58 bits per heavy atom. The van der Waals surface area contributed by atoms with E-state index in [0.717, 1.165) is 6.42 Å². The van der Waals surface area contributed by atoms with E-state index in [1.54, 1.807) is 19.2 Å². The smallest absolute Gasteiger partial charge is 0.204 e. The minimum Gasteiger partial charge on any atom is -0.398 e. The van der Waals surface area contributed by atoms with E-state index in [0.29, 0.717) is 11.0 Å². The predicted octanol–water partition coefficient (Wildman–Crippen LogP) is 1.18. The molecule has 0 spiro atoms. The zero-order chi connectivity index (χ0) is 9.72. The molecule has 0 amide bonds. The molecule has 4 heteroatoms. The van der Waals surface area contributed by atoms with Gasteiger partial charge in [-0.05, 0) is 18.1 Å². The number of rotatable bonds is 4. The molecule has 72 valence electrons. The molecule has 0 rings (SSSR count).